The van der Waals surface area contributed by atoms with Crippen molar-refractivity contribution >= 4 is 15.9 Å². The lowest BCUT2D eigenvalue weighted by Crippen LogP contribution is -2.16. The van der Waals surface area contributed by atoms with Gasteiger partial charge in [0, 0.05) is 11.4 Å². The second-order valence-corrected chi connectivity index (χ2v) is 5.26. The van der Waals surface area contributed by atoms with Crippen molar-refractivity contribution in [2.45, 2.75) is 20.3 Å². The van der Waals surface area contributed by atoms with Crippen LogP contribution in [0.5, 0.6) is 11.5 Å². The van der Waals surface area contributed by atoms with Crippen molar-refractivity contribution in [3.63, 3.8) is 0 Å². The molecule has 0 N–H and O–H groups in total. The quantitative estimate of drug-likeness (QED) is 0.769. The Morgan fingerprint density at radius 3 is 1.94 bits per heavy atom. The highest BCUT2D eigenvalue weighted by molar-refractivity contribution is 9.09. The van der Waals surface area contributed by atoms with Crippen LogP contribution >= 0.6 is 15.9 Å². The first-order valence-electron chi connectivity index (χ1n) is 5.28. The fourth-order valence-corrected chi connectivity index (χ4v) is 1.77. The third-order valence-corrected chi connectivity index (χ3v) is 3.97. The van der Waals surface area contributed by atoms with Gasteiger partial charge in [-0.15, -0.1) is 0 Å². The molecule has 16 heavy (non-hydrogen) atoms. The van der Waals surface area contributed by atoms with Gasteiger partial charge in [-0.2, -0.15) is 0 Å². The average Bonchev–Trinajstić information content (AvgIpc) is 2.28. The van der Waals surface area contributed by atoms with Gasteiger partial charge in [0.05, 0.1) is 14.2 Å². The van der Waals surface area contributed by atoms with E-state index >= 15 is 0 Å². The third-order valence-electron chi connectivity index (χ3n) is 2.46. The number of hydrogen-bond acceptors (Lipinski definition) is 2. The van der Waals surface area contributed by atoms with Gasteiger partial charge in [-0.1, -0.05) is 29.8 Å². The van der Waals surface area contributed by atoms with Gasteiger partial charge >= 0.3 is 0 Å². The van der Waals surface area contributed by atoms with Crippen LogP contribution in [0.1, 0.15) is 19.4 Å². The fourth-order valence-electron chi connectivity index (χ4n) is 1.57. The Labute approximate surface area is 106 Å². The summed E-state index contributed by atoms with van der Waals surface area (Å²) in [6.45, 7) is 4.46. The summed E-state index contributed by atoms with van der Waals surface area (Å²) in [6.07, 6.45) is 0.992. The molecular formula is C13H19BrO2. The van der Waals surface area contributed by atoms with Gasteiger partial charge in [0.1, 0.15) is 11.5 Å². The molecule has 1 aromatic carbocycles. The molecule has 0 spiro atoms. The molecule has 1 aromatic rings. The van der Waals surface area contributed by atoms with Crippen molar-refractivity contribution in [3.8, 4) is 11.5 Å². The molecule has 0 atom stereocenters. The van der Waals surface area contributed by atoms with Gasteiger partial charge in [-0.05, 0) is 29.5 Å². The molecule has 0 amide bonds. The number of halogens is 1. The van der Waals surface area contributed by atoms with Gasteiger partial charge in [-0.25, -0.2) is 0 Å². The number of methoxy groups -OCH3 is 2. The monoisotopic (exact) mass is 286 g/mol. The zero-order valence-electron chi connectivity index (χ0n) is 10.3. The molecule has 0 aromatic heterocycles. The number of alkyl halides is 1. The molecule has 0 bridgehead atoms. The first-order valence-corrected chi connectivity index (χ1v) is 6.41. The van der Waals surface area contributed by atoms with Crippen LogP contribution in [-0.2, 0) is 6.42 Å². The molecule has 0 heterocycles. The summed E-state index contributed by atoms with van der Waals surface area (Å²) >= 11 is 3.54. The van der Waals surface area contributed by atoms with Crippen LogP contribution in [0.4, 0.5) is 0 Å². The minimum atomic E-state index is 0.234. The number of rotatable bonds is 5. The van der Waals surface area contributed by atoms with E-state index in [4.69, 9.17) is 9.47 Å². The van der Waals surface area contributed by atoms with Crippen molar-refractivity contribution < 1.29 is 9.47 Å². The second-order valence-electron chi connectivity index (χ2n) is 4.70. The van der Waals surface area contributed by atoms with Gasteiger partial charge in [0.15, 0.2) is 0 Å². The molecule has 3 heteroatoms. The van der Waals surface area contributed by atoms with E-state index in [1.807, 2.05) is 6.07 Å². The molecule has 90 valence electrons. The standard InChI is InChI=1S/C13H19BrO2/c1-13(2,9-14)8-10-5-11(15-3)7-12(6-10)16-4/h5-7H,8-9H2,1-4H3. The van der Waals surface area contributed by atoms with Gasteiger partial charge in [0.25, 0.3) is 0 Å². The summed E-state index contributed by atoms with van der Waals surface area (Å²) < 4.78 is 10.5. The SMILES string of the molecule is COc1cc(CC(C)(C)CBr)cc(OC)c1. The molecule has 0 saturated heterocycles. The molecule has 0 fully saturated rings. The Bertz CT molecular complexity index is 326. The van der Waals surface area contributed by atoms with E-state index in [1.165, 1.54) is 5.56 Å². The molecule has 0 aliphatic heterocycles. The summed E-state index contributed by atoms with van der Waals surface area (Å²) in [6, 6.07) is 6.02. The Morgan fingerprint density at radius 2 is 1.56 bits per heavy atom. The van der Waals surface area contributed by atoms with Crippen molar-refractivity contribution in [2.24, 2.45) is 5.41 Å². The van der Waals surface area contributed by atoms with Gasteiger partial charge in [-0.3, -0.25) is 0 Å². The van der Waals surface area contributed by atoms with Gasteiger partial charge < -0.3 is 9.47 Å². The molecule has 0 radical (unpaired) electrons. The molecule has 0 aliphatic carbocycles. The number of hydrogen-bond donors (Lipinski definition) is 0. The summed E-state index contributed by atoms with van der Waals surface area (Å²) in [4.78, 5) is 0. The predicted molar refractivity (Wildman–Crippen MR) is 70.8 cm³/mol. The lowest BCUT2D eigenvalue weighted by Gasteiger charge is -2.22. The first kappa shape index (κ1) is 13.4. The van der Waals surface area contributed by atoms with Gasteiger partial charge in [0.2, 0.25) is 0 Å². The first-order chi connectivity index (χ1) is 7.50. The summed E-state index contributed by atoms with van der Waals surface area (Å²) in [5.74, 6) is 1.69. The lowest BCUT2D eigenvalue weighted by atomic mass is 9.88. The fraction of sp³-hybridized carbons (Fsp3) is 0.538. The zero-order valence-corrected chi connectivity index (χ0v) is 11.9. The van der Waals surface area contributed by atoms with Crippen LogP contribution in [0, 0.1) is 5.41 Å². The third kappa shape index (κ3) is 3.71. The highest BCUT2D eigenvalue weighted by Crippen LogP contribution is 2.29. The van der Waals surface area contributed by atoms with Crippen molar-refractivity contribution in [1.29, 1.82) is 0 Å². The van der Waals surface area contributed by atoms with Crippen LogP contribution in [0.25, 0.3) is 0 Å². The largest absolute Gasteiger partial charge is 0.497 e. The number of ether oxygens (including phenoxy) is 2. The summed E-state index contributed by atoms with van der Waals surface area (Å²) in [5, 5.41) is 0.972. The van der Waals surface area contributed by atoms with Crippen molar-refractivity contribution in [2.75, 3.05) is 19.5 Å². The minimum Gasteiger partial charge on any atom is -0.497 e. The predicted octanol–water partition coefficient (Wildman–Crippen LogP) is 3.67. The van der Waals surface area contributed by atoms with E-state index in [0.717, 1.165) is 23.2 Å². The smallest absolute Gasteiger partial charge is 0.122 e. The Morgan fingerprint density at radius 1 is 1.06 bits per heavy atom. The van der Waals surface area contributed by atoms with Crippen LogP contribution in [0.2, 0.25) is 0 Å². The van der Waals surface area contributed by atoms with Crippen LogP contribution in [0.15, 0.2) is 18.2 Å². The van der Waals surface area contributed by atoms with Crippen LogP contribution in [-0.4, -0.2) is 19.5 Å². The minimum absolute atomic E-state index is 0.234. The lowest BCUT2D eigenvalue weighted by molar-refractivity contribution is 0.388. The van der Waals surface area contributed by atoms with E-state index in [1.54, 1.807) is 14.2 Å². The maximum Gasteiger partial charge on any atom is 0.122 e. The summed E-state index contributed by atoms with van der Waals surface area (Å²) in [7, 11) is 3.35. The van der Waals surface area contributed by atoms with Crippen molar-refractivity contribution in [3.05, 3.63) is 23.8 Å². The molecular weight excluding hydrogens is 268 g/mol. The van der Waals surface area contributed by atoms with Crippen LogP contribution < -0.4 is 9.47 Å². The Balaban J connectivity index is 2.95. The summed E-state index contributed by atoms with van der Waals surface area (Å²) in [5.41, 5.74) is 1.47. The molecule has 0 saturated carbocycles. The Hall–Kier alpha value is -0.700. The Kier molecular flexibility index (Phi) is 4.66. The number of benzene rings is 1. The van der Waals surface area contributed by atoms with E-state index in [2.05, 4.69) is 41.9 Å². The van der Waals surface area contributed by atoms with E-state index in [-0.39, 0.29) is 5.41 Å². The topological polar surface area (TPSA) is 18.5 Å². The highest BCUT2D eigenvalue weighted by Gasteiger charge is 2.17. The molecule has 0 unspecified atom stereocenters. The molecule has 2 nitrogen and oxygen atoms in total. The second kappa shape index (κ2) is 5.58. The van der Waals surface area contributed by atoms with Crippen molar-refractivity contribution in [1.82, 2.24) is 0 Å². The molecule has 0 aliphatic rings. The van der Waals surface area contributed by atoms with Crippen LogP contribution in [0.3, 0.4) is 0 Å². The maximum atomic E-state index is 5.25. The molecule has 1 rings (SSSR count). The normalized spacial score (nSPS) is 11.3. The van der Waals surface area contributed by atoms with E-state index < -0.39 is 0 Å². The van der Waals surface area contributed by atoms with E-state index in [9.17, 15) is 0 Å². The highest BCUT2D eigenvalue weighted by atomic mass is 79.9. The average molecular weight is 287 g/mol. The maximum absolute atomic E-state index is 5.25. The van der Waals surface area contributed by atoms with E-state index in [0.29, 0.717) is 0 Å². The zero-order chi connectivity index (χ0) is 12.2.